The van der Waals surface area contributed by atoms with Gasteiger partial charge in [-0.25, -0.2) is 9.69 Å². The molecule has 0 saturated carbocycles. The number of amides is 2. The van der Waals surface area contributed by atoms with E-state index in [4.69, 9.17) is 39.5 Å². The van der Waals surface area contributed by atoms with Crippen LogP contribution < -0.4 is 10.2 Å². The van der Waals surface area contributed by atoms with Crippen molar-refractivity contribution in [2.75, 3.05) is 10.2 Å². The Morgan fingerprint density at radius 1 is 1.03 bits per heavy atom. The second-order valence-corrected chi connectivity index (χ2v) is 7.61. The van der Waals surface area contributed by atoms with Gasteiger partial charge in [-0.15, -0.1) is 0 Å². The van der Waals surface area contributed by atoms with Crippen molar-refractivity contribution < 1.29 is 19.1 Å². The molecule has 2 aromatic rings. The summed E-state index contributed by atoms with van der Waals surface area (Å²) in [5.74, 6) is -1.91. The molecule has 2 amide bonds. The van der Waals surface area contributed by atoms with Gasteiger partial charge in [-0.3, -0.25) is 9.59 Å². The highest BCUT2D eigenvalue weighted by atomic mass is 35.5. The highest BCUT2D eigenvalue weighted by Gasteiger charge is 2.39. The van der Waals surface area contributed by atoms with Gasteiger partial charge in [-0.1, -0.05) is 40.9 Å². The standard InChI is InChI=1S/C20H15Cl3N2O4/c1-10(2)29-20(28)11-4-3-5-13(8-11)24-17-16(23)18(26)25(19(17)27)15-7-6-12(21)9-14(15)22/h3-10,24H,1-2H3. The third-order valence-corrected chi connectivity index (χ3v) is 4.78. The van der Waals surface area contributed by atoms with Crippen molar-refractivity contribution in [1.29, 1.82) is 0 Å². The molecular formula is C20H15Cl3N2O4. The number of benzene rings is 2. The molecule has 1 heterocycles. The molecule has 29 heavy (non-hydrogen) atoms. The minimum Gasteiger partial charge on any atom is -0.459 e. The molecule has 0 atom stereocenters. The molecule has 1 aliphatic rings. The van der Waals surface area contributed by atoms with E-state index >= 15 is 0 Å². The summed E-state index contributed by atoms with van der Waals surface area (Å²) < 4.78 is 5.16. The molecule has 0 spiro atoms. The monoisotopic (exact) mass is 452 g/mol. The summed E-state index contributed by atoms with van der Waals surface area (Å²) in [7, 11) is 0. The van der Waals surface area contributed by atoms with Gasteiger partial charge in [0.2, 0.25) is 0 Å². The lowest BCUT2D eigenvalue weighted by molar-refractivity contribution is -0.120. The van der Waals surface area contributed by atoms with Crippen molar-refractivity contribution in [1.82, 2.24) is 0 Å². The first-order valence-electron chi connectivity index (χ1n) is 8.50. The maximum absolute atomic E-state index is 12.8. The van der Waals surface area contributed by atoms with Crippen molar-refractivity contribution in [3.8, 4) is 0 Å². The van der Waals surface area contributed by atoms with Crippen LogP contribution in [-0.2, 0) is 14.3 Å². The first kappa shape index (κ1) is 21.2. The van der Waals surface area contributed by atoms with E-state index < -0.39 is 17.8 Å². The molecule has 150 valence electrons. The summed E-state index contributed by atoms with van der Waals surface area (Å²) in [5.41, 5.74) is 0.712. The summed E-state index contributed by atoms with van der Waals surface area (Å²) in [6.45, 7) is 3.48. The van der Waals surface area contributed by atoms with E-state index in [2.05, 4.69) is 5.32 Å². The molecule has 0 radical (unpaired) electrons. The molecule has 6 nitrogen and oxygen atoms in total. The van der Waals surface area contributed by atoms with Gasteiger partial charge in [-0.05, 0) is 50.2 Å². The van der Waals surface area contributed by atoms with E-state index in [1.165, 1.54) is 24.3 Å². The van der Waals surface area contributed by atoms with Crippen molar-refractivity contribution >= 4 is 64.0 Å². The molecule has 0 aromatic heterocycles. The SMILES string of the molecule is CC(C)OC(=O)c1cccc(NC2=C(Cl)C(=O)N(c3ccc(Cl)cc3Cl)C2=O)c1. The van der Waals surface area contributed by atoms with Gasteiger partial charge in [0, 0.05) is 10.7 Å². The summed E-state index contributed by atoms with van der Waals surface area (Å²) in [6.07, 6.45) is -0.275. The topological polar surface area (TPSA) is 75.7 Å². The minimum atomic E-state index is -0.723. The molecular weight excluding hydrogens is 439 g/mol. The number of hydrogen-bond acceptors (Lipinski definition) is 5. The minimum absolute atomic E-state index is 0.128. The molecule has 0 aliphatic carbocycles. The van der Waals surface area contributed by atoms with Crippen LogP contribution in [0.1, 0.15) is 24.2 Å². The number of nitrogens with zero attached hydrogens (tertiary/aromatic N) is 1. The van der Waals surface area contributed by atoms with Crippen molar-refractivity contribution in [2.45, 2.75) is 20.0 Å². The number of carbonyl (C=O) groups excluding carboxylic acids is 3. The first-order valence-corrected chi connectivity index (χ1v) is 9.64. The summed E-state index contributed by atoms with van der Waals surface area (Å²) in [5, 5.41) is 3.00. The average Bonchev–Trinajstić information content (AvgIpc) is 2.85. The van der Waals surface area contributed by atoms with Gasteiger partial charge < -0.3 is 10.1 Å². The summed E-state index contributed by atoms with van der Waals surface area (Å²) in [4.78, 5) is 38.4. The van der Waals surface area contributed by atoms with E-state index in [0.29, 0.717) is 10.7 Å². The summed E-state index contributed by atoms with van der Waals surface area (Å²) in [6, 6.07) is 10.7. The highest BCUT2D eigenvalue weighted by Crippen LogP contribution is 2.35. The Hall–Kier alpha value is -2.54. The molecule has 3 rings (SSSR count). The number of ether oxygens (including phenoxy) is 1. The van der Waals surface area contributed by atoms with Gasteiger partial charge in [-0.2, -0.15) is 0 Å². The van der Waals surface area contributed by atoms with E-state index in [9.17, 15) is 14.4 Å². The lowest BCUT2D eigenvalue weighted by Gasteiger charge is -2.17. The zero-order chi connectivity index (χ0) is 21.3. The molecule has 1 N–H and O–H groups in total. The largest absolute Gasteiger partial charge is 0.459 e. The molecule has 1 aliphatic heterocycles. The predicted octanol–water partition coefficient (Wildman–Crippen LogP) is 4.99. The Morgan fingerprint density at radius 2 is 1.76 bits per heavy atom. The number of hydrogen-bond donors (Lipinski definition) is 1. The van der Waals surface area contributed by atoms with E-state index in [0.717, 1.165) is 4.90 Å². The Morgan fingerprint density at radius 3 is 2.41 bits per heavy atom. The smallest absolute Gasteiger partial charge is 0.338 e. The molecule has 0 saturated heterocycles. The number of imide groups is 1. The fourth-order valence-electron chi connectivity index (χ4n) is 2.64. The quantitative estimate of drug-likeness (QED) is 0.509. The van der Waals surface area contributed by atoms with E-state index in [1.54, 1.807) is 32.0 Å². The van der Waals surface area contributed by atoms with Crippen LogP contribution in [0.15, 0.2) is 53.2 Å². The van der Waals surface area contributed by atoms with Crippen molar-refractivity contribution in [3.05, 3.63) is 68.8 Å². The van der Waals surface area contributed by atoms with Crippen LogP contribution in [0.4, 0.5) is 11.4 Å². The molecule has 9 heteroatoms. The number of carbonyl (C=O) groups is 3. The maximum Gasteiger partial charge on any atom is 0.338 e. The van der Waals surface area contributed by atoms with Gasteiger partial charge in [0.05, 0.1) is 22.4 Å². The van der Waals surface area contributed by atoms with Gasteiger partial charge >= 0.3 is 5.97 Å². The lowest BCUT2D eigenvalue weighted by Crippen LogP contribution is -2.32. The third-order valence-electron chi connectivity index (χ3n) is 3.89. The lowest BCUT2D eigenvalue weighted by atomic mass is 10.2. The number of halogens is 3. The fourth-order valence-corrected chi connectivity index (χ4v) is 3.35. The molecule has 2 aromatic carbocycles. The summed E-state index contributed by atoms with van der Waals surface area (Å²) >= 11 is 18.1. The van der Waals surface area contributed by atoms with Crippen molar-refractivity contribution in [3.63, 3.8) is 0 Å². The Kier molecular flexibility index (Phi) is 6.17. The number of esters is 1. The van der Waals surface area contributed by atoms with Crippen LogP contribution in [0.2, 0.25) is 10.0 Å². The molecule has 0 unspecified atom stereocenters. The van der Waals surface area contributed by atoms with Crippen LogP contribution in [0.3, 0.4) is 0 Å². The Bertz CT molecular complexity index is 1050. The third kappa shape index (κ3) is 4.40. The van der Waals surface area contributed by atoms with Gasteiger partial charge in [0.15, 0.2) is 0 Å². The van der Waals surface area contributed by atoms with E-state index in [-0.39, 0.29) is 33.1 Å². The van der Waals surface area contributed by atoms with Gasteiger partial charge in [0.1, 0.15) is 10.7 Å². The maximum atomic E-state index is 12.8. The first-order chi connectivity index (χ1) is 13.7. The second kappa shape index (κ2) is 8.45. The second-order valence-electron chi connectivity index (χ2n) is 6.39. The van der Waals surface area contributed by atoms with Crippen LogP contribution in [0, 0.1) is 0 Å². The number of anilines is 2. The Labute approximate surface area is 182 Å². The Balaban J connectivity index is 1.87. The normalized spacial score (nSPS) is 14.1. The number of nitrogens with one attached hydrogen (secondary N) is 1. The van der Waals surface area contributed by atoms with Crippen LogP contribution >= 0.6 is 34.8 Å². The van der Waals surface area contributed by atoms with Crippen molar-refractivity contribution in [2.24, 2.45) is 0 Å². The molecule has 0 bridgehead atoms. The zero-order valence-corrected chi connectivity index (χ0v) is 17.6. The highest BCUT2D eigenvalue weighted by molar-refractivity contribution is 6.53. The number of rotatable bonds is 5. The fraction of sp³-hybridized carbons (Fsp3) is 0.150. The predicted molar refractivity (Wildman–Crippen MR) is 112 cm³/mol. The van der Waals surface area contributed by atoms with Crippen LogP contribution in [-0.4, -0.2) is 23.9 Å². The molecule has 0 fully saturated rings. The zero-order valence-electron chi connectivity index (χ0n) is 15.3. The van der Waals surface area contributed by atoms with Crippen LogP contribution in [0.5, 0.6) is 0 Å². The van der Waals surface area contributed by atoms with E-state index in [1.807, 2.05) is 0 Å². The average molecular weight is 454 g/mol. The van der Waals surface area contributed by atoms with Crippen LogP contribution in [0.25, 0.3) is 0 Å². The van der Waals surface area contributed by atoms with Gasteiger partial charge in [0.25, 0.3) is 11.8 Å².